The van der Waals surface area contributed by atoms with Gasteiger partial charge >= 0.3 is 0 Å². The highest BCUT2D eigenvalue weighted by atomic mass is 32.2. The maximum atomic E-state index is 11.1. The first-order valence-corrected chi connectivity index (χ1v) is 7.36. The molecule has 1 aromatic heterocycles. The van der Waals surface area contributed by atoms with Crippen molar-refractivity contribution in [3.05, 3.63) is 40.7 Å². The van der Waals surface area contributed by atoms with Crippen LogP contribution in [0.15, 0.2) is 34.7 Å². The fourth-order valence-electron chi connectivity index (χ4n) is 1.25. The van der Waals surface area contributed by atoms with Gasteiger partial charge in [-0.05, 0) is 5.56 Å². The predicted octanol–water partition coefficient (Wildman–Crippen LogP) is 0.248. The SMILES string of the molecule is CS(=O)(=O)/N=c1\snnn1Cc1ccccc1. The molecule has 0 aliphatic heterocycles. The summed E-state index contributed by atoms with van der Waals surface area (Å²) in [6.07, 6.45) is 1.04. The lowest BCUT2D eigenvalue weighted by Gasteiger charge is -1.99. The molecule has 0 unspecified atom stereocenters. The Labute approximate surface area is 102 Å². The molecule has 6 nitrogen and oxygen atoms in total. The number of hydrogen-bond donors (Lipinski definition) is 0. The average Bonchev–Trinajstić information content (AvgIpc) is 2.65. The highest BCUT2D eigenvalue weighted by molar-refractivity contribution is 7.89. The third-order valence-electron chi connectivity index (χ3n) is 1.91. The van der Waals surface area contributed by atoms with Gasteiger partial charge in [0.25, 0.3) is 10.0 Å². The van der Waals surface area contributed by atoms with E-state index >= 15 is 0 Å². The largest absolute Gasteiger partial charge is 0.253 e. The molecule has 0 saturated carbocycles. The van der Waals surface area contributed by atoms with Crippen molar-refractivity contribution in [2.75, 3.05) is 6.26 Å². The molecule has 0 N–H and O–H groups in total. The van der Waals surface area contributed by atoms with Gasteiger partial charge in [0.05, 0.1) is 12.8 Å². The Hall–Kier alpha value is -1.54. The Morgan fingerprint density at radius 2 is 2.06 bits per heavy atom. The molecule has 2 rings (SSSR count). The first kappa shape index (κ1) is 11.9. The molecule has 2 aromatic rings. The normalized spacial score (nSPS) is 12.9. The Morgan fingerprint density at radius 3 is 2.71 bits per heavy atom. The number of nitrogens with zero attached hydrogens (tertiary/aromatic N) is 4. The maximum Gasteiger partial charge on any atom is 0.253 e. The smallest absolute Gasteiger partial charge is 0.213 e. The minimum atomic E-state index is -3.43. The zero-order valence-corrected chi connectivity index (χ0v) is 10.6. The van der Waals surface area contributed by atoms with Gasteiger partial charge in [0.15, 0.2) is 0 Å². The number of benzene rings is 1. The molecular formula is C9H10N4O2S2. The molecule has 1 aromatic carbocycles. The van der Waals surface area contributed by atoms with Crippen molar-refractivity contribution in [3.8, 4) is 0 Å². The number of sulfonamides is 1. The lowest BCUT2D eigenvalue weighted by Crippen LogP contribution is -2.19. The third-order valence-corrected chi connectivity index (χ3v) is 3.15. The van der Waals surface area contributed by atoms with Crippen molar-refractivity contribution < 1.29 is 8.42 Å². The third kappa shape index (κ3) is 3.46. The fraction of sp³-hybridized carbons (Fsp3) is 0.222. The molecule has 90 valence electrons. The molecule has 0 bridgehead atoms. The Bertz CT molecular complexity index is 658. The van der Waals surface area contributed by atoms with Gasteiger partial charge in [0, 0.05) is 11.5 Å². The predicted molar refractivity (Wildman–Crippen MR) is 63.8 cm³/mol. The summed E-state index contributed by atoms with van der Waals surface area (Å²) in [5.41, 5.74) is 1.01. The van der Waals surface area contributed by atoms with Crippen LogP contribution < -0.4 is 4.80 Å². The lowest BCUT2D eigenvalue weighted by atomic mass is 10.2. The van der Waals surface area contributed by atoms with Gasteiger partial charge < -0.3 is 0 Å². The van der Waals surface area contributed by atoms with E-state index in [-0.39, 0.29) is 4.80 Å². The molecule has 8 heteroatoms. The van der Waals surface area contributed by atoms with Gasteiger partial charge in [0.2, 0.25) is 4.80 Å². The van der Waals surface area contributed by atoms with Gasteiger partial charge in [-0.3, -0.25) is 0 Å². The summed E-state index contributed by atoms with van der Waals surface area (Å²) in [5.74, 6) is 0. The van der Waals surface area contributed by atoms with E-state index in [4.69, 9.17) is 0 Å². The summed E-state index contributed by atoms with van der Waals surface area (Å²) in [6.45, 7) is 0.450. The quantitative estimate of drug-likeness (QED) is 0.801. The molecule has 0 amide bonds. The van der Waals surface area contributed by atoms with Crippen molar-refractivity contribution in [2.24, 2.45) is 4.40 Å². The molecule has 0 radical (unpaired) electrons. The lowest BCUT2D eigenvalue weighted by molar-refractivity contribution is 0.595. The van der Waals surface area contributed by atoms with E-state index < -0.39 is 10.0 Å². The van der Waals surface area contributed by atoms with E-state index in [1.165, 1.54) is 4.68 Å². The second-order valence-corrected chi connectivity index (χ2v) is 5.77. The molecule has 0 saturated heterocycles. The number of rotatable bonds is 3. The van der Waals surface area contributed by atoms with Gasteiger partial charge in [-0.1, -0.05) is 40.0 Å². The van der Waals surface area contributed by atoms with Gasteiger partial charge in [-0.25, -0.2) is 13.1 Å². The van der Waals surface area contributed by atoms with Crippen LogP contribution in [-0.2, 0) is 16.6 Å². The first-order valence-electron chi connectivity index (χ1n) is 4.74. The first-order chi connectivity index (χ1) is 8.04. The summed E-state index contributed by atoms with van der Waals surface area (Å²) in [5, 5.41) is 3.82. The van der Waals surface area contributed by atoms with Gasteiger partial charge in [0.1, 0.15) is 0 Å². The van der Waals surface area contributed by atoms with Crippen molar-refractivity contribution in [3.63, 3.8) is 0 Å². The topological polar surface area (TPSA) is 77.2 Å². The Morgan fingerprint density at radius 1 is 1.35 bits per heavy atom. The van der Waals surface area contributed by atoms with E-state index in [1.54, 1.807) is 0 Å². The van der Waals surface area contributed by atoms with Crippen molar-refractivity contribution in [2.45, 2.75) is 6.54 Å². The van der Waals surface area contributed by atoms with Gasteiger partial charge in [-0.15, -0.1) is 4.40 Å². The highest BCUT2D eigenvalue weighted by Crippen LogP contribution is 1.99. The number of hydrogen-bond acceptors (Lipinski definition) is 5. The minimum absolute atomic E-state index is 0.274. The van der Waals surface area contributed by atoms with Crippen LogP contribution in [0.3, 0.4) is 0 Å². The number of aromatic nitrogens is 3. The molecule has 17 heavy (non-hydrogen) atoms. The second kappa shape index (κ2) is 4.76. The molecule has 0 fully saturated rings. The van der Waals surface area contributed by atoms with Crippen molar-refractivity contribution in [1.29, 1.82) is 0 Å². The van der Waals surface area contributed by atoms with E-state index in [0.29, 0.717) is 6.54 Å². The minimum Gasteiger partial charge on any atom is -0.213 e. The summed E-state index contributed by atoms with van der Waals surface area (Å²) in [6, 6.07) is 9.58. The summed E-state index contributed by atoms with van der Waals surface area (Å²) < 4.78 is 30.9. The van der Waals surface area contributed by atoms with Crippen LogP contribution in [0.5, 0.6) is 0 Å². The van der Waals surface area contributed by atoms with E-state index in [0.717, 1.165) is 23.4 Å². The highest BCUT2D eigenvalue weighted by Gasteiger charge is 2.03. The molecule has 0 aliphatic carbocycles. The summed E-state index contributed by atoms with van der Waals surface area (Å²) >= 11 is 0.952. The van der Waals surface area contributed by atoms with E-state index in [2.05, 4.69) is 14.1 Å². The zero-order chi connectivity index (χ0) is 12.3. The Kier molecular flexibility index (Phi) is 3.34. The second-order valence-electron chi connectivity index (χ2n) is 3.41. The van der Waals surface area contributed by atoms with Crippen LogP contribution in [0.4, 0.5) is 0 Å². The zero-order valence-electron chi connectivity index (χ0n) is 9.02. The van der Waals surface area contributed by atoms with Crippen LogP contribution in [0, 0.1) is 0 Å². The monoisotopic (exact) mass is 270 g/mol. The molecule has 0 spiro atoms. The average molecular weight is 270 g/mol. The van der Waals surface area contributed by atoms with E-state index in [1.807, 2.05) is 30.3 Å². The van der Waals surface area contributed by atoms with Crippen LogP contribution >= 0.6 is 11.5 Å². The van der Waals surface area contributed by atoms with Crippen molar-refractivity contribution in [1.82, 2.24) is 14.4 Å². The van der Waals surface area contributed by atoms with Crippen LogP contribution in [0.2, 0.25) is 0 Å². The standard InChI is InChI=1S/C9H10N4O2S2/c1-17(14,15)10-9-13(11-12-16-9)7-8-5-3-2-4-6-8/h2-6H,7H2,1H3/b10-9-. The Balaban J connectivity index is 2.36. The summed E-state index contributed by atoms with van der Waals surface area (Å²) in [4.78, 5) is 0.274. The fourth-order valence-corrected chi connectivity index (χ4v) is 2.56. The molecular weight excluding hydrogens is 260 g/mol. The van der Waals surface area contributed by atoms with Gasteiger partial charge in [-0.2, -0.15) is 0 Å². The molecule has 0 aliphatic rings. The van der Waals surface area contributed by atoms with Crippen LogP contribution in [0.1, 0.15) is 5.56 Å². The van der Waals surface area contributed by atoms with Crippen molar-refractivity contribution >= 4 is 21.6 Å². The molecule has 1 heterocycles. The van der Waals surface area contributed by atoms with Crippen LogP contribution in [-0.4, -0.2) is 29.1 Å². The molecule has 0 atom stereocenters. The summed E-state index contributed by atoms with van der Waals surface area (Å²) in [7, 11) is -3.43. The van der Waals surface area contributed by atoms with Crippen LogP contribution in [0.25, 0.3) is 0 Å². The van der Waals surface area contributed by atoms with E-state index in [9.17, 15) is 8.42 Å². The maximum absolute atomic E-state index is 11.1.